The largest absolute Gasteiger partial charge is 0.466 e. The van der Waals surface area contributed by atoms with Gasteiger partial charge in [-0.25, -0.2) is 17.5 Å². The summed E-state index contributed by atoms with van der Waals surface area (Å²) in [6, 6.07) is 1.34. The second-order valence-corrected chi connectivity index (χ2v) is 6.92. The van der Waals surface area contributed by atoms with E-state index in [4.69, 9.17) is 4.74 Å². The molecule has 7 nitrogen and oxygen atoms in total. The van der Waals surface area contributed by atoms with Crippen LogP contribution in [0.3, 0.4) is 0 Å². The highest BCUT2D eigenvalue weighted by Gasteiger charge is 2.28. The van der Waals surface area contributed by atoms with Gasteiger partial charge in [0.2, 0.25) is 10.0 Å². The van der Waals surface area contributed by atoms with Crippen molar-refractivity contribution in [2.45, 2.75) is 18.2 Å². The van der Waals surface area contributed by atoms with Crippen molar-refractivity contribution in [1.82, 2.24) is 4.31 Å². The fraction of sp³-hybridized carbons (Fsp3) is 0.500. The Morgan fingerprint density at radius 2 is 2.05 bits per heavy atom. The van der Waals surface area contributed by atoms with Crippen LogP contribution in [-0.2, 0) is 24.3 Å². The number of sulfonamides is 1. The summed E-state index contributed by atoms with van der Waals surface area (Å²) in [6.45, 7) is 1.89. The highest BCUT2D eigenvalue weighted by Crippen LogP contribution is 2.25. The molecule has 0 aliphatic carbocycles. The van der Waals surface area contributed by atoms with Gasteiger partial charge in [-0.05, 0) is 18.4 Å². The molecule has 1 heterocycles. The monoisotopic (exact) mass is 335 g/mol. The fourth-order valence-corrected chi connectivity index (χ4v) is 3.99. The van der Waals surface area contributed by atoms with Gasteiger partial charge in [-0.3, -0.25) is 4.79 Å². The van der Waals surface area contributed by atoms with Gasteiger partial charge in [0.05, 0.1) is 20.1 Å². The van der Waals surface area contributed by atoms with Gasteiger partial charge in [0.1, 0.15) is 9.77 Å². The molecule has 0 N–H and O–H groups in total. The summed E-state index contributed by atoms with van der Waals surface area (Å²) < 4.78 is 35.1. The Morgan fingerprint density at radius 3 is 2.62 bits per heavy atom. The topological polar surface area (TPSA) is 90.0 Å². The van der Waals surface area contributed by atoms with E-state index in [1.54, 1.807) is 6.92 Å². The molecule has 0 radical (unpaired) electrons. The van der Waals surface area contributed by atoms with Crippen LogP contribution < -0.4 is 0 Å². The molecule has 0 aliphatic heterocycles. The van der Waals surface area contributed by atoms with Crippen LogP contribution in [0.5, 0.6) is 0 Å². The van der Waals surface area contributed by atoms with Crippen molar-refractivity contribution in [3.63, 3.8) is 0 Å². The zero-order valence-electron chi connectivity index (χ0n) is 12.0. The first-order chi connectivity index (χ1) is 9.84. The Morgan fingerprint density at radius 1 is 1.38 bits per heavy atom. The van der Waals surface area contributed by atoms with Crippen molar-refractivity contribution in [2.75, 3.05) is 27.3 Å². The highest BCUT2D eigenvalue weighted by atomic mass is 32.2. The Hall–Kier alpha value is -1.45. The SMILES string of the molecule is CCOC(=O)CCN(C)S(=O)(=O)c1ccsc1C(=O)OC. The predicted octanol–water partition coefficient (Wildman–Crippen LogP) is 1.11. The number of nitrogens with zero attached hydrogens (tertiary/aromatic N) is 1. The van der Waals surface area contributed by atoms with Gasteiger partial charge in [-0.15, -0.1) is 11.3 Å². The number of ether oxygens (including phenoxy) is 2. The van der Waals surface area contributed by atoms with Gasteiger partial charge in [-0.1, -0.05) is 0 Å². The maximum absolute atomic E-state index is 12.4. The third-order valence-electron chi connectivity index (χ3n) is 2.62. The number of carbonyl (C=O) groups excluding carboxylic acids is 2. The molecule has 0 spiro atoms. The van der Waals surface area contributed by atoms with Crippen molar-refractivity contribution in [2.24, 2.45) is 0 Å². The van der Waals surface area contributed by atoms with Crippen LogP contribution in [0, 0.1) is 0 Å². The van der Waals surface area contributed by atoms with E-state index in [1.807, 2.05) is 0 Å². The molecule has 0 aliphatic rings. The number of carbonyl (C=O) groups is 2. The zero-order chi connectivity index (χ0) is 16.0. The number of hydrogen-bond acceptors (Lipinski definition) is 7. The molecule has 0 saturated heterocycles. The van der Waals surface area contributed by atoms with Crippen molar-refractivity contribution < 1.29 is 27.5 Å². The molecule has 9 heteroatoms. The fourth-order valence-electron chi connectivity index (χ4n) is 1.51. The Kier molecular flexibility index (Phi) is 6.31. The first-order valence-electron chi connectivity index (χ1n) is 6.12. The summed E-state index contributed by atoms with van der Waals surface area (Å²) in [7, 11) is -1.33. The molecule has 1 aromatic heterocycles. The molecule has 0 amide bonds. The van der Waals surface area contributed by atoms with Crippen LogP contribution in [0.25, 0.3) is 0 Å². The minimum atomic E-state index is -3.86. The van der Waals surface area contributed by atoms with Gasteiger partial charge < -0.3 is 9.47 Å². The lowest BCUT2D eigenvalue weighted by atomic mass is 10.4. The first-order valence-corrected chi connectivity index (χ1v) is 8.44. The normalized spacial score (nSPS) is 11.4. The van der Waals surface area contributed by atoms with Crippen molar-refractivity contribution >= 4 is 33.3 Å². The average molecular weight is 335 g/mol. The van der Waals surface area contributed by atoms with E-state index in [9.17, 15) is 18.0 Å². The molecule has 0 saturated carbocycles. The quantitative estimate of drug-likeness (QED) is 0.693. The maximum Gasteiger partial charge on any atom is 0.349 e. The summed E-state index contributed by atoms with van der Waals surface area (Å²) in [5.74, 6) is -1.18. The smallest absolute Gasteiger partial charge is 0.349 e. The van der Waals surface area contributed by atoms with E-state index >= 15 is 0 Å². The number of hydrogen-bond donors (Lipinski definition) is 0. The number of rotatable bonds is 7. The summed E-state index contributed by atoms with van der Waals surface area (Å²) in [5.41, 5.74) is 0. The number of esters is 2. The van der Waals surface area contributed by atoms with Crippen LogP contribution in [-0.4, -0.2) is 52.0 Å². The molecule has 0 atom stereocenters. The third kappa shape index (κ3) is 4.26. The third-order valence-corrected chi connectivity index (χ3v) is 5.55. The van der Waals surface area contributed by atoms with Gasteiger partial charge >= 0.3 is 11.9 Å². The average Bonchev–Trinajstić information content (AvgIpc) is 2.94. The first kappa shape index (κ1) is 17.6. The molecule has 1 rings (SSSR count). The van der Waals surface area contributed by atoms with Crippen LogP contribution >= 0.6 is 11.3 Å². The minimum absolute atomic E-state index is 0.0143. The Labute approximate surface area is 127 Å². The molecule has 118 valence electrons. The van der Waals surface area contributed by atoms with Crippen LogP contribution in [0.1, 0.15) is 23.0 Å². The van der Waals surface area contributed by atoms with E-state index in [0.717, 1.165) is 15.6 Å². The molecule has 0 unspecified atom stereocenters. The van der Waals surface area contributed by atoms with Crippen molar-refractivity contribution in [3.8, 4) is 0 Å². The Bertz CT molecular complexity index is 607. The van der Waals surface area contributed by atoms with E-state index in [0.29, 0.717) is 0 Å². The van der Waals surface area contributed by atoms with Gasteiger partial charge in [0, 0.05) is 13.6 Å². The highest BCUT2D eigenvalue weighted by molar-refractivity contribution is 7.89. The number of methoxy groups -OCH3 is 1. The summed E-state index contributed by atoms with van der Waals surface area (Å²) in [6.07, 6.45) is -0.0543. The van der Waals surface area contributed by atoms with Crippen LogP contribution in [0.4, 0.5) is 0 Å². The molecule has 21 heavy (non-hydrogen) atoms. The standard InChI is InChI=1S/C12H17NO6S2/c1-4-19-10(14)5-7-13(2)21(16,17)9-6-8-20-11(9)12(15)18-3/h6,8H,4-5,7H2,1-3H3. The summed E-state index contributed by atoms with van der Waals surface area (Å²) in [5, 5.41) is 1.50. The minimum Gasteiger partial charge on any atom is -0.466 e. The molecule has 0 bridgehead atoms. The molecule has 1 aromatic rings. The van der Waals surface area contributed by atoms with Crippen molar-refractivity contribution in [1.29, 1.82) is 0 Å². The van der Waals surface area contributed by atoms with E-state index < -0.39 is 22.0 Å². The van der Waals surface area contributed by atoms with Crippen LogP contribution in [0.15, 0.2) is 16.3 Å². The Balaban J connectivity index is 2.88. The van der Waals surface area contributed by atoms with Gasteiger partial charge in [0.15, 0.2) is 0 Å². The van der Waals surface area contributed by atoms with Gasteiger partial charge in [-0.2, -0.15) is 0 Å². The van der Waals surface area contributed by atoms with Crippen molar-refractivity contribution in [3.05, 3.63) is 16.3 Å². The maximum atomic E-state index is 12.4. The number of thiophene rings is 1. The lowest BCUT2D eigenvalue weighted by Gasteiger charge is -2.16. The second kappa shape index (κ2) is 7.53. The summed E-state index contributed by atoms with van der Waals surface area (Å²) in [4.78, 5) is 22.7. The molecular formula is C12H17NO6S2. The summed E-state index contributed by atoms with van der Waals surface area (Å²) >= 11 is 0.987. The lowest BCUT2D eigenvalue weighted by Crippen LogP contribution is -2.30. The van der Waals surface area contributed by atoms with Crippen LogP contribution in [0.2, 0.25) is 0 Å². The molecular weight excluding hydrogens is 318 g/mol. The molecule has 0 aromatic carbocycles. The van der Waals surface area contributed by atoms with E-state index in [2.05, 4.69) is 4.74 Å². The van der Waals surface area contributed by atoms with E-state index in [-0.39, 0.29) is 29.3 Å². The zero-order valence-corrected chi connectivity index (χ0v) is 13.6. The second-order valence-electron chi connectivity index (χ2n) is 3.99. The van der Waals surface area contributed by atoms with Gasteiger partial charge in [0.25, 0.3) is 0 Å². The predicted molar refractivity (Wildman–Crippen MR) is 76.7 cm³/mol. The van der Waals surface area contributed by atoms with E-state index in [1.165, 1.54) is 25.6 Å². The lowest BCUT2D eigenvalue weighted by molar-refractivity contribution is -0.143. The molecule has 0 fully saturated rings.